The van der Waals surface area contributed by atoms with Crippen molar-refractivity contribution in [2.45, 2.75) is 37.9 Å². The maximum absolute atomic E-state index is 13.2. The molecule has 5 rings (SSSR count). The zero-order chi connectivity index (χ0) is 28.6. The Hall–Kier alpha value is -4.31. The summed E-state index contributed by atoms with van der Waals surface area (Å²) in [6.07, 6.45) is 2.89. The lowest BCUT2D eigenvalue weighted by Crippen LogP contribution is -2.30. The largest absolute Gasteiger partial charge is 0.495 e. The van der Waals surface area contributed by atoms with Gasteiger partial charge in [-0.05, 0) is 60.9 Å². The summed E-state index contributed by atoms with van der Waals surface area (Å²) in [4.78, 5) is 28.0. The second kappa shape index (κ2) is 13.4. The Kier molecular flexibility index (Phi) is 9.20. The van der Waals surface area contributed by atoms with Crippen LogP contribution in [0.3, 0.4) is 0 Å². The number of hydrogen-bond acceptors (Lipinski definition) is 7. The summed E-state index contributed by atoms with van der Waals surface area (Å²) in [6, 6.07) is 22.6. The van der Waals surface area contributed by atoms with Crippen molar-refractivity contribution in [3.8, 4) is 17.2 Å². The molecule has 0 spiro atoms. The molecule has 0 bridgehead atoms. The minimum atomic E-state index is -0.239. The highest BCUT2D eigenvalue weighted by Crippen LogP contribution is 2.31. The summed E-state index contributed by atoms with van der Waals surface area (Å²) in [5.74, 6) is 1.84. The standard InChI is InChI=1S/C31H33N5O4S/c1-3-4-19-40-24-15-13-23(14-16-24)30(38)32-20-28-33-34-31(36(28)26-11-7-8-12-27(26)39-2)41-21-29(37)35-18-17-22-9-5-6-10-25(22)35/h5-16H,3-4,17-21H2,1-2H3,(H,32,38). The van der Waals surface area contributed by atoms with Gasteiger partial charge in [0.1, 0.15) is 11.5 Å². The van der Waals surface area contributed by atoms with E-state index in [4.69, 9.17) is 9.47 Å². The second-order valence-electron chi connectivity index (χ2n) is 9.53. The predicted molar refractivity (Wildman–Crippen MR) is 159 cm³/mol. The van der Waals surface area contributed by atoms with Gasteiger partial charge in [-0.1, -0.05) is 55.4 Å². The molecule has 1 aromatic heterocycles. The Morgan fingerprint density at radius 1 is 0.976 bits per heavy atom. The first-order chi connectivity index (χ1) is 20.1. The summed E-state index contributed by atoms with van der Waals surface area (Å²) in [6.45, 7) is 3.56. The average molecular weight is 572 g/mol. The number of carbonyl (C=O) groups excluding carboxylic acids is 2. The number of thioether (sulfide) groups is 1. The molecule has 0 atom stereocenters. The number of hydrogen-bond donors (Lipinski definition) is 1. The summed E-state index contributed by atoms with van der Waals surface area (Å²) in [5.41, 5.74) is 3.38. The van der Waals surface area contributed by atoms with Gasteiger partial charge in [0.15, 0.2) is 11.0 Å². The molecule has 0 fully saturated rings. The van der Waals surface area contributed by atoms with Crippen LogP contribution in [0, 0.1) is 0 Å². The highest BCUT2D eigenvalue weighted by atomic mass is 32.2. The van der Waals surface area contributed by atoms with E-state index in [1.165, 1.54) is 17.3 Å². The first kappa shape index (κ1) is 28.2. The van der Waals surface area contributed by atoms with Crippen LogP contribution in [0.4, 0.5) is 5.69 Å². The van der Waals surface area contributed by atoms with Crippen molar-refractivity contribution in [2.75, 3.05) is 30.9 Å². The van der Waals surface area contributed by atoms with Crippen molar-refractivity contribution in [1.82, 2.24) is 20.1 Å². The number of aromatic nitrogens is 3. The average Bonchev–Trinajstić information content (AvgIpc) is 3.63. The Morgan fingerprint density at radius 3 is 2.51 bits per heavy atom. The van der Waals surface area contributed by atoms with Crippen LogP contribution in [0.1, 0.15) is 41.5 Å². The van der Waals surface area contributed by atoms with E-state index >= 15 is 0 Å². The lowest BCUT2D eigenvalue weighted by atomic mass is 10.2. The number of amides is 2. The molecule has 0 unspecified atom stereocenters. The van der Waals surface area contributed by atoms with E-state index in [9.17, 15) is 9.59 Å². The zero-order valence-corrected chi connectivity index (χ0v) is 24.0. The monoisotopic (exact) mass is 571 g/mol. The number of anilines is 1. The molecule has 10 heteroatoms. The van der Waals surface area contributed by atoms with Crippen LogP contribution in [-0.4, -0.2) is 52.6 Å². The number of carbonyl (C=O) groups is 2. The molecule has 0 radical (unpaired) electrons. The third-order valence-electron chi connectivity index (χ3n) is 6.83. The van der Waals surface area contributed by atoms with Crippen molar-refractivity contribution >= 4 is 29.3 Å². The smallest absolute Gasteiger partial charge is 0.251 e. The summed E-state index contributed by atoms with van der Waals surface area (Å²) < 4.78 is 13.1. The summed E-state index contributed by atoms with van der Waals surface area (Å²) in [7, 11) is 1.60. The van der Waals surface area contributed by atoms with Gasteiger partial charge in [0.2, 0.25) is 5.91 Å². The van der Waals surface area contributed by atoms with E-state index in [2.05, 4.69) is 28.5 Å². The SMILES string of the molecule is CCCCOc1ccc(C(=O)NCc2nnc(SCC(=O)N3CCc4ccccc43)n2-c2ccccc2OC)cc1. The van der Waals surface area contributed by atoms with Gasteiger partial charge in [-0.2, -0.15) is 0 Å². The van der Waals surface area contributed by atoms with Crippen molar-refractivity contribution in [3.05, 3.63) is 89.7 Å². The fourth-order valence-electron chi connectivity index (χ4n) is 4.66. The van der Waals surface area contributed by atoms with Crippen LogP contribution in [0.5, 0.6) is 11.5 Å². The van der Waals surface area contributed by atoms with Gasteiger partial charge in [-0.25, -0.2) is 0 Å². The third kappa shape index (κ3) is 6.54. The normalized spacial score (nSPS) is 12.2. The number of fused-ring (bicyclic) bond motifs is 1. The first-order valence-corrected chi connectivity index (χ1v) is 14.7. The van der Waals surface area contributed by atoms with E-state index in [-0.39, 0.29) is 24.1 Å². The maximum Gasteiger partial charge on any atom is 0.251 e. The number of unbranched alkanes of at least 4 members (excludes halogenated alkanes) is 1. The van der Waals surface area contributed by atoms with E-state index in [1.54, 1.807) is 31.4 Å². The van der Waals surface area contributed by atoms with Crippen LogP contribution in [0.25, 0.3) is 5.69 Å². The first-order valence-electron chi connectivity index (χ1n) is 13.7. The molecule has 3 aromatic carbocycles. The van der Waals surface area contributed by atoms with Crippen molar-refractivity contribution < 1.29 is 19.1 Å². The molecule has 0 saturated carbocycles. The number of nitrogens with one attached hydrogen (secondary N) is 1. The van der Waals surface area contributed by atoms with Crippen LogP contribution in [-0.2, 0) is 17.8 Å². The van der Waals surface area contributed by atoms with Gasteiger partial charge >= 0.3 is 0 Å². The lowest BCUT2D eigenvalue weighted by Gasteiger charge is -2.17. The summed E-state index contributed by atoms with van der Waals surface area (Å²) in [5, 5.41) is 12.2. The van der Waals surface area contributed by atoms with Gasteiger partial charge < -0.3 is 19.7 Å². The van der Waals surface area contributed by atoms with E-state index in [0.29, 0.717) is 35.4 Å². The third-order valence-corrected chi connectivity index (χ3v) is 7.74. The summed E-state index contributed by atoms with van der Waals surface area (Å²) >= 11 is 1.31. The van der Waals surface area contributed by atoms with Crippen LogP contribution in [0.2, 0.25) is 0 Å². The molecular formula is C31H33N5O4S. The highest BCUT2D eigenvalue weighted by Gasteiger charge is 2.25. The zero-order valence-electron chi connectivity index (χ0n) is 23.2. The van der Waals surface area contributed by atoms with Gasteiger partial charge in [-0.15, -0.1) is 10.2 Å². The maximum atomic E-state index is 13.2. The Morgan fingerprint density at radius 2 is 1.73 bits per heavy atom. The van der Waals surface area contributed by atoms with Crippen molar-refractivity contribution in [1.29, 1.82) is 0 Å². The van der Waals surface area contributed by atoms with Crippen molar-refractivity contribution in [2.24, 2.45) is 0 Å². The highest BCUT2D eigenvalue weighted by molar-refractivity contribution is 7.99. The number of nitrogens with zero attached hydrogens (tertiary/aromatic N) is 4. The van der Waals surface area contributed by atoms with Gasteiger partial charge in [0, 0.05) is 17.8 Å². The van der Waals surface area contributed by atoms with Crippen LogP contribution in [0.15, 0.2) is 78.0 Å². The molecule has 0 saturated heterocycles. The predicted octanol–water partition coefficient (Wildman–Crippen LogP) is 5.07. The fourth-order valence-corrected chi connectivity index (χ4v) is 5.50. The van der Waals surface area contributed by atoms with Gasteiger partial charge in [0.05, 0.1) is 31.7 Å². The molecular weight excluding hydrogens is 538 g/mol. The molecule has 2 heterocycles. The fraction of sp³-hybridized carbons (Fsp3) is 0.290. The Labute approximate surface area is 243 Å². The van der Waals surface area contributed by atoms with E-state index in [0.717, 1.165) is 36.4 Å². The molecule has 0 aliphatic carbocycles. The molecule has 1 aliphatic rings. The molecule has 212 valence electrons. The number of rotatable bonds is 12. The van der Waals surface area contributed by atoms with Crippen LogP contribution >= 0.6 is 11.8 Å². The molecule has 2 amide bonds. The molecule has 1 N–H and O–H groups in total. The number of para-hydroxylation sites is 3. The number of benzene rings is 3. The number of methoxy groups -OCH3 is 1. The van der Waals surface area contributed by atoms with Crippen LogP contribution < -0.4 is 19.7 Å². The minimum absolute atomic E-state index is 0.00602. The molecule has 9 nitrogen and oxygen atoms in total. The van der Waals surface area contributed by atoms with Gasteiger partial charge in [0.25, 0.3) is 5.91 Å². The Bertz CT molecular complexity index is 1500. The quantitative estimate of drug-likeness (QED) is 0.187. The second-order valence-corrected chi connectivity index (χ2v) is 10.5. The molecule has 1 aliphatic heterocycles. The number of ether oxygens (including phenoxy) is 2. The van der Waals surface area contributed by atoms with E-state index < -0.39 is 0 Å². The van der Waals surface area contributed by atoms with Gasteiger partial charge in [-0.3, -0.25) is 14.2 Å². The topological polar surface area (TPSA) is 98.6 Å². The van der Waals surface area contributed by atoms with Crippen molar-refractivity contribution in [3.63, 3.8) is 0 Å². The minimum Gasteiger partial charge on any atom is -0.495 e. The van der Waals surface area contributed by atoms with E-state index in [1.807, 2.05) is 51.9 Å². The molecule has 41 heavy (non-hydrogen) atoms. The molecule has 4 aromatic rings. The Balaban J connectivity index is 1.31. The lowest BCUT2D eigenvalue weighted by molar-refractivity contribution is -0.116.